The van der Waals surface area contributed by atoms with Gasteiger partial charge in [-0.3, -0.25) is 4.79 Å². The topological polar surface area (TPSA) is 84.0 Å². The molecule has 2 aliphatic heterocycles. The second-order valence-electron chi connectivity index (χ2n) is 8.17. The molecule has 2 aliphatic rings. The van der Waals surface area contributed by atoms with Crippen molar-refractivity contribution in [2.24, 2.45) is 5.92 Å². The van der Waals surface area contributed by atoms with Crippen molar-refractivity contribution in [3.8, 4) is 0 Å². The fraction of sp³-hybridized carbons (Fsp3) is 0.875. The van der Waals surface area contributed by atoms with Crippen molar-refractivity contribution in [2.75, 3.05) is 31.9 Å². The number of halogens is 2. The standard InChI is InChI=1S/C16H26F2N2O5S/c1-15(2,3)25-14(22)19-6-4-16(17,5-7-19)11-20-9-12(8-13(20)21)10-26(18,23)24/h12H,4-11H2,1-3H3. The summed E-state index contributed by atoms with van der Waals surface area (Å²) in [4.78, 5) is 26.7. The monoisotopic (exact) mass is 396 g/mol. The molecular formula is C16H26F2N2O5S. The normalized spacial score (nSPS) is 24.0. The fourth-order valence-corrected chi connectivity index (χ4v) is 4.10. The van der Waals surface area contributed by atoms with E-state index in [1.54, 1.807) is 20.8 Å². The van der Waals surface area contributed by atoms with Crippen molar-refractivity contribution in [3.63, 3.8) is 0 Å². The molecule has 0 bridgehead atoms. The minimum atomic E-state index is -4.67. The number of nitrogens with zero attached hydrogens (tertiary/aromatic N) is 2. The third kappa shape index (κ3) is 6.07. The van der Waals surface area contributed by atoms with E-state index >= 15 is 4.39 Å². The number of hydrogen-bond donors (Lipinski definition) is 0. The van der Waals surface area contributed by atoms with E-state index in [1.165, 1.54) is 9.80 Å². The minimum Gasteiger partial charge on any atom is -0.444 e. The molecule has 0 aromatic rings. The first-order valence-electron chi connectivity index (χ1n) is 8.63. The maximum Gasteiger partial charge on any atom is 0.410 e. The summed E-state index contributed by atoms with van der Waals surface area (Å²) in [6, 6.07) is 0. The zero-order chi connectivity index (χ0) is 19.8. The Morgan fingerprint density at radius 2 is 1.88 bits per heavy atom. The Balaban J connectivity index is 1.87. The van der Waals surface area contributed by atoms with Crippen LogP contribution in [0.1, 0.15) is 40.0 Å². The van der Waals surface area contributed by atoms with Crippen LogP contribution in [0.25, 0.3) is 0 Å². The number of alkyl halides is 1. The average Bonchev–Trinajstić information content (AvgIpc) is 2.74. The van der Waals surface area contributed by atoms with Gasteiger partial charge in [-0.05, 0) is 20.8 Å². The van der Waals surface area contributed by atoms with Gasteiger partial charge in [-0.1, -0.05) is 0 Å². The Hall–Kier alpha value is -1.45. The van der Waals surface area contributed by atoms with Crippen LogP contribution in [0.4, 0.5) is 13.1 Å². The molecule has 0 radical (unpaired) electrons. The van der Waals surface area contributed by atoms with Gasteiger partial charge in [0.25, 0.3) is 0 Å². The lowest BCUT2D eigenvalue weighted by molar-refractivity contribution is -0.130. The third-order valence-corrected chi connectivity index (χ3v) is 5.38. The highest BCUT2D eigenvalue weighted by Gasteiger charge is 2.42. The van der Waals surface area contributed by atoms with Gasteiger partial charge in [0.05, 0.1) is 12.3 Å². The summed E-state index contributed by atoms with van der Waals surface area (Å²) in [5.74, 6) is -1.74. The Morgan fingerprint density at radius 1 is 1.31 bits per heavy atom. The quantitative estimate of drug-likeness (QED) is 0.678. The SMILES string of the molecule is CC(C)(C)OC(=O)N1CCC(F)(CN2CC(CS(=O)(=O)F)CC2=O)CC1. The zero-order valence-corrected chi connectivity index (χ0v) is 16.2. The van der Waals surface area contributed by atoms with Crippen LogP contribution in [0.2, 0.25) is 0 Å². The maximum absolute atomic E-state index is 15.1. The molecule has 0 aromatic carbocycles. The molecule has 0 N–H and O–H groups in total. The fourth-order valence-electron chi connectivity index (χ4n) is 3.32. The summed E-state index contributed by atoms with van der Waals surface area (Å²) in [7, 11) is -4.67. The molecule has 10 heteroatoms. The summed E-state index contributed by atoms with van der Waals surface area (Å²) in [5.41, 5.74) is -2.28. The molecule has 1 unspecified atom stereocenters. The van der Waals surface area contributed by atoms with E-state index in [4.69, 9.17) is 4.74 Å². The second-order valence-corrected chi connectivity index (χ2v) is 9.58. The van der Waals surface area contributed by atoms with Crippen LogP contribution in [0, 0.1) is 5.92 Å². The second kappa shape index (κ2) is 7.28. The lowest BCUT2D eigenvalue weighted by Gasteiger charge is -2.38. The largest absolute Gasteiger partial charge is 0.444 e. The van der Waals surface area contributed by atoms with Gasteiger partial charge in [-0.25, -0.2) is 9.18 Å². The molecular weight excluding hydrogens is 370 g/mol. The number of ether oxygens (including phenoxy) is 1. The van der Waals surface area contributed by atoms with Crippen molar-refractivity contribution in [1.29, 1.82) is 0 Å². The number of hydrogen-bond acceptors (Lipinski definition) is 5. The Kier molecular flexibility index (Phi) is 5.84. The molecule has 0 spiro atoms. The molecule has 0 aromatic heterocycles. The molecule has 7 nitrogen and oxygen atoms in total. The maximum atomic E-state index is 15.1. The Bertz CT molecular complexity index is 654. The molecule has 2 saturated heterocycles. The van der Waals surface area contributed by atoms with Crippen molar-refractivity contribution >= 4 is 22.2 Å². The first kappa shape index (κ1) is 20.9. The van der Waals surface area contributed by atoms with E-state index in [9.17, 15) is 21.9 Å². The summed E-state index contributed by atoms with van der Waals surface area (Å²) in [6.07, 6.45) is -0.474. The van der Waals surface area contributed by atoms with Crippen molar-refractivity contribution in [1.82, 2.24) is 9.80 Å². The van der Waals surface area contributed by atoms with Crippen LogP contribution in [0.5, 0.6) is 0 Å². The molecule has 0 saturated carbocycles. The minimum absolute atomic E-state index is 0.0312. The first-order chi connectivity index (χ1) is 11.8. The average molecular weight is 396 g/mol. The number of carbonyl (C=O) groups excluding carboxylic acids is 2. The molecule has 0 aliphatic carbocycles. The molecule has 1 atom stereocenters. The van der Waals surface area contributed by atoms with Crippen LogP contribution in [-0.4, -0.2) is 73.4 Å². The van der Waals surface area contributed by atoms with E-state index in [2.05, 4.69) is 0 Å². The van der Waals surface area contributed by atoms with Crippen LogP contribution >= 0.6 is 0 Å². The molecule has 2 amide bonds. The smallest absolute Gasteiger partial charge is 0.410 e. The number of rotatable bonds is 4. The van der Waals surface area contributed by atoms with Crippen LogP contribution in [-0.2, 0) is 19.8 Å². The molecule has 2 fully saturated rings. The van der Waals surface area contributed by atoms with Crippen LogP contribution in [0.15, 0.2) is 0 Å². The first-order valence-corrected chi connectivity index (χ1v) is 10.2. The Labute approximate surface area is 152 Å². The van der Waals surface area contributed by atoms with Gasteiger partial charge in [0, 0.05) is 44.8 Å². The third-order valence-electron chi connectivity index (χ3n) is 4.51. The van der Waals surface area contributed by atoms with E-state index in [-0.39, 0.29) is 51.3 Å². The molecule has 26 heavy (non-hydrogen) atoms. The Morgan fingerprint density at radius 3 is 2.38 bits per heavy atom. The van der Waals surface area contributed by atoms with Gasteiger partial charge < -0.3 is 14.5 Å². The highest BCUT2D eigenvalue weighted by molar-refractivity contribution is 7.86. The summed E-state index contributed by atoms with van der Waals surface area (Å²) in [5, 5.41) is 0. The highest BCUT2D eigenvalue weighted by atomic mass is 32.3. The van der Waals surface area contributed by atoms with E-state index in [1.807, 2.05) is 0 Å². The number of likely N-dealkylation sites (tertiary alicyclic amines) is 2. The van der Waals surface area contributed by atoms with Gasteiger partial charge in [0.1, 0.15) is 11.3 Å². The summed E-state index contributed by atoms with van der Waals surface area (Å²) in [6.45, 7) is 5.47. The molecule has 150 valence electrons. The van der Waals surface area contributed by atoms with Gasteiger partial charge in [0.15, 0.2) is 0 Å². The van der Waals surface area contributed by atoms with Gasteiger partial charge in [-0.2, -0.15) is 8.42 Å². The van der Waals surface area contributed by atoms with Gasteiger partial charge >= 0.3 is 16.3 Å². The van der Waals surface area contributed by atoms with Gasteiger partial charge in [-0.15, -0.1) is 3.89 Å². The molecule has 2 heterocycles. The lowest BCUT2D eigenvalue weighted by Crippen LogP contribution is -2.51. The van der Waals surface area contributed by atoms with Crippen LogP contribution in [0.3, 0.4) is 0 Å². The summed E-state index contributed by atoms with van der Waals surface area (Å²) < 4.78 is 54.6. The van der Waals surface area contributed by atoms with E-state index in [0.29, 0.717) is 0 Å². The highest BCUT2D eigenvalue weighted by Crippen LogP contribution is 2.31. The van der Waals surface area contributed by atoms with E-state index in [0.717, 1.165) is 0 Å². The zero-order valence-electron chi connectivity index (χ0n) is 15.3. The number of carbonyl (C=O) groups is 2. The number of amides is 2. The van der Waals surface area contributed by atoms with Crippen LogP contribution < -0.4 is 0 Å². The summed E-state index contributed by atoms with van der Waals surface area (Å²) >= 11 is 0. The molecule has 2 rings (SSSR count). The predicted molar refractivity (Wildman–Crippen MR) is 90.5 cm³/mol. The predicted octanol–water partition coefficient (Wildman–Crippen LogP) is 1.87. The van der Waals surface area contributed by atoms with Crippen molar-refractivity contribution < 1.29 is 31.0 Å². The van der Waals surface area contributed by atoms with Crippen molar-refractivity contribution in [2.45, 2.75) is 51.3 Å². The van der Waals surface area contributed by atoms with Gasteiger partial charge in [0.2, 0.25) is 5.91 Å². The lowest BCUT2D eigenvalue weighted by atomic mass is 9.93. The van der Waals surface area contributed by atoms with Crippen molar-refractivity contribution in [3.05, 3.63) is 0 Å². The number of piperidine rings is 1. The van der Waals surface area contributed by atoms with E-state index < -0.39 is 39.3 Å².